The van der Waals surface area contributed by atoms with E-state index in [9.17, 15) is 10.2 Å². The van der Waals surface area contributed by atoms with Crippen LogP contribution in [0.2, 0.25) is 0 Å². The third-order valence-corrected chi connectivity index (χ3v) is 4.84. The van der Waals surface area contributed by atoms with Gasteiger partial charge in [0.05, 0.1) is 32.1 Å². The zero-order valence-electron chi connectivity index (χ0n) is 14.0. The molecule has 0 atom stereocenters. The van der Waals surface area contributed by atoms with Gasteiger partial charge in [0.2, 0.25) is 0 Å². The maximum absolute atomic E-state index is 9.38. The Labute approximate surface area is 142 Å². The maximum Gasteiger partial charge on any atom is 0.183 e. The van der Waals surface area contributed by atoms with E-state index in [1.165, 1.54) is 12.8 Å². The van der Waals surface area contributed by atoms with E-state index in [-0.39, 0.29) is 19.3 Å². The van der Waals surface area contributed by atoms with Crippen molar-refractivity contribution in [3.63, 3.8) is 0 Å². The van der Waals surface area contributed by atoms with Gasteiger partial charge in [0, 0.05) is 12.0 Å². The lowest BCUT2D eigenvalue weighted by atomic mass is 9.94. The van der Waals surface area contributed by atoms with Crippen molar-refractivity contribution in [2.24, 2.45) is 5.16 Å². The summed E-state index contributed by atoms with van der Waals surface area (Å²) >= 11 is 0. The predicted octanol–water partition coefficient (Wildman–Crippen LogP) is 2.25. The summed E-state index contributed by atoms with van der Waals surface area (Å²) in [6.07, 6.45) is 5.95. The lowest BCUT2D eigenvalue weighted by Crippen LogP contribution is -2.42. The highest BCUT2D eigenvalue weighted by Gasteiger charge is 2.35. The molecule has 1 fully saturated rings. The Bertz CT molecular complexity index is 591. The Balaban J connectivity index is 1.80. The molecule has 132 valence electrons. The zero-order valence-corrected chi connectivity index (χ0v) is 14.0. The molecule has 0 radical (unpaired) electrons. The van der Waals surface area contributed by atoms with Gasteiger partial charge < -0.3 is 24.5 Å². The predicted molar refractivity (Wildman–Crippen MR) is 89.6 cm³/mol. The van der Waals surface area contributed by atoms with Gasteiger partial charge >= 0.3 is 0 Å². The second-order valence-electron chi connectivity index (χ2n) is 6.52. The fraction of sp³-hybridized carbons (Fsp3) is 0.611. The number of hydrogen-bond acceptors (Lipinski definition) is 6. The van der Waals surface area contributed by atoms with Gasteiger partial charge in [-0.2, -0.15) is 0 Å². The minimum Gasteiger partial charge on any atom is -0.493 e. The van der Waals surface area contributed by atoms with Crippen LogP contribution in [0.4, 0.5) is 0 Å². The molecule has 1 aliphatic carbocycles. The molecule has 0 unspecified atom stereocenters. The zero-order chi connectivity index (χ0) is 17.0. The average Bonchev–Trinajstić information content (AvgIpc) is 3.15. The molecule has 1 aromatic rings. The molecule has 3 rings (SSSR count). The molecule has 6 nitrogen and oxygen atoms in total. The molecule has 2 N–H and O–H groups in total. The fourth-order valence-electron chi connectivity index (χ4n) is 3.19. The van der Waals surface area contributed by atoms with Crippen LogP contribution in [0.5, 0.6) is 11.5 Å². The number of oxime groups is 1. The highest BCUT2D eigenvalue weighted by molar-refractivity contribution is 6.01. The number of aliphatic hydroxyl groups excluding tert-OH is 2. The second kappa shape index (κ2) is 7.40. The molecule has 1 aliphatic heterocycles. The standard InChI is InChI=1S/C18H25NO5/c1-22-16-7-6-13(10-17(16)23-14-4-2-3-5-14)15-8-9-18(11-20,12-21)24-19-15/h6-7,10,14,20-21H,2-5,8-9,11-12H2,1H3. The molecule has 1 aromatic carbocycles. The Morgan fingerprint density at radius 1 is 1.21 bits per heavy atom. The first-order valence-corrected chi connectivity index (χ1v) is 8.51. The third-order valence-electron chi connectivity index (χ3n) is 4.84. The molecule has 0 spiro atoms. The van der Waals surface area contributed by atoms with Gasteiger partial charge in [0.15, 0.2) is 17.1 Å². The first-order chi connectivity index (χ1) is 11.7. The van der Waals surface area contributed by atoms with Gasteiger partial charge in [-0.25, -0.2) is 0 Å². The van der Waals surface area contributed by atoms with Gasteiger partial charge in [-0.3, -0.25) is 0 Å². The van der Waals surface area contributed by atoms with Crippen molar-refractivity contribution in [2.45, 2.75) is 50.2 Å². The van der Waals surface area contributed by atoms with Gasteiger partial charge in [-0.15, -0.1) is 0 Å². The van der Waals surface area contributed by atoms with Crippen molar-refractivity contribution in [2.75, 3.05) is 20.3 Å². The topological polar surface area (TPSA) is 80.5 Å². The van der Waals surface area contributed by atoms with E-state index >= 15 is 0 Å². The number of benzene rings is 1. The smallest absolute Gasteiger partial charge is 0.183 e. The summed E-state index contributed by atoms with van der Waals surface area (Å²) in [5, 5.41) is 22.9. The summed E-state index contributed by atoms with van der Waals surface area (Å²) in [7, 11) is 1.63. The number of methoxy groups -OCH3 is 1. The first kappa shape index (κ1) is 17.0. The van der Waals surface area contributed by atoms with Crippen LogP contribution in [0.3, 0.4) is 0 Å². The molecular weight excluding hydrogens is 310 g/mol. The molecule has 24 heavy (non-hydrogen) atoms. The molecule has 0 aromatic heterocycles. The van der Waals surface area contributed by atoms with Gasteiger partial charge in [0.1, 0.15) is 0 Å². The highest BCUT2D eigenvalue weighted by Crippen LogP contribution is 2.34. The number of nitrogens with zero attached hydrogens (tertiary/aromatic N) is 1. The van der Waals surface area contributed by atoms with Crippen molar-refractivity contribution in [3.8, 4) is 11.5 Å². The van der Waals surface area contributed by atoms with Crippen molar-refractivity contribution in [3.05, 3.63) is 23.8 Å². The minimum absolute atomic E-state index is 0.245. The second-order valence-corrected chi connectivity index (χ2v) is 6.52. The van der Waals surface area contributed by atoms with Gasteiger partial charge in [0.25, 0.3) is 0 Å². The summed E-state index contributed by atoms with van der Waals surface area (Å²) in [4.78, 5) is 5.38. The monoisotopic (exact) mass is 335 g/mol. The van der Waals surface area contributed by atoms with E-state index in [1.807, 2.05) is 18.2 Å². The number of aliphatic hydroxyl groups is 2. The summed E-state index contributed by atoms with van der Waals surface area (Å²) in [6, 6.07) is 5.74. The van der Waals surface area contributed by atoms with Crippen LogP contribution in [0, 0.1) is 0 Å². The number of hydrogen-bond donors (Lipinski definition) is 2. The highest BCUT2D eigenvalue weighted by atomic mass is 16.7. The normalized spacial score (nSPS) is 20.4. The van der Waals surface area contributed by atoms with Crippen LogP contribution in [-0.2, 0) is 4.84 Å². The molecular formula is C18H25NO5. The van der Waals surface area contributed by atoms with Crippen molar-refractivity contribution in [1.29, 1.82) is 0 Å². The van der Waals surface area contributed by atoms with Gasteiger partial charge in [-0.05, 0) is 50.3 Å². The average molecular weight is 335 g/mol. The summed E-state index contributed by atoms with van der Waals surface area (Å²) < 4.78 is 11.5. The molecule has 0 amide bonds. The lowest BCUT2D eigenvalue weighted by Gasteiger charge is -2.31. The van der Waals surface area contributed by atoms with Crippen LogP contribution < -0.4 is 9.47 Å². The van der Waals surface area contributed by atoms with E-state index in [2.05, 4.69) is 5.16 Å². The van der Waals surface area contributed by atoms with Gasteiger partial charge in [-0.1, -0.05) is 5.16 Å². The van der Waals surface area contributed by atoms with E-state index in [4.69, 9.17) is 14.3 Å². The van der Waals surface area contributed by atoms with Crippen LogP contribution in [0.1, 0.15) is 44.1 Å². The van der Waals surface area contributed by atoms with E-state index in [1.54, 1.807) is 7.11 Å². The van der Waals surface area contributed by atoms with Crippen molar-refractivity contribution >= 4 is 5.71 Å². The quantitative estimate of drug-likeness (QED) is 0.833. The molecule has 1 saturated carbocycles. The molecule has 1 heterocycles. The Morgan fingerprint density at radius 3 is 2.54 bits per heavy atom. The summed E-state index contributed by atoms with van der Waals surface area (Å²) in [5.74, 6) is 1.44. The maximum atomic E-state index is 9.38. The SMILES string of the molecule is COc1ccc(C2=NOC(CO)(CO)CC2)cc1OC1CCCC1. The van der Waals surface area contributed by atoms with Crippen LogP contribution >= 0.6 is 0 Å². The molecule has 2 aliphatic rings. The lowest BCUT2D eigenvalue weighted by molar-refractivity contribution is -0.117. The third kappa shape index (κ3) is 3.49. The van der Waals surface area contributed by atoms with E-state index < -0.39 is 5.60 Å². The Hall–Kier alpha value is -1.79. The van der Waals surface area contributed by atoms with Crippen molar-refractivity contribution in [1.82, 2.24) is 0 Å². The van der Waals surface area contributed by atoms with Crippen LogP contribution in [0.15, 0.2) is 23.4 Å². The number of ether oxygens (including phenoxy) is 2. The first-order valence-electron chi connectivity index (χ1n) is 8.51. The molecule has 0 saturated heterocycles. The Morgan fingerprint density at radius 2 is 1.96 bits per heavy atom. The van der Waals surface area contributed by atoms with Crippen LogP contribution in [-0.4, -0.2) is 48.0 Å². The summed E-state index contributed by atoms with van der Waals surface area (Å²) in [6.45, 7) is -0.502. The number of rotatable bonds is 6. The van der Waals surface area contributed by atoms with E-state index in [0.29, 0.717) is 18.6 Å². The fourth-order valence-corrected chi connectivity index (χ4v) is 3.19. The molecule has 6 heteroatoms. The van der Waals surface area contributed by atoms with E-state index in [0.717, 1.165) is 29.9 Å². The molecule has 0 bridgehead atoms. The Kier molecular flexibility index (Phi) is 5.26. The minimum atomic E-state index is -0.973. The summed E-state index contributed by atoms with van der Waals surface area (Å²) in [5.41, 5.74) is 0.721. The van der Waals surface area contributed by atoms with Crippen LogP contribution in [0.25, 0.3) is 0 Å². The largest absolute Gasteiger partial charge is 0.493 e. The van der Waals surface area contributed by atoms with Crippen molar-refractivity contribution < 1.29 is 24.5 Å².